The van der Waals surface area contributed by atoms with Gasteiger partial charge in [0.1, 0.15) is 18.1 Å². The summed E-state index contributed by atoms with van der Waals surface area (Å²) in [6, 6.07) is -2.97. The van der Waals surface area contributed by atoms with Crippen molar-refractivity contribution in [3.05, 3.63) is 24.6 Å². The zero-order valence-corrected chi connectivity index (χ0v) is 22.8. The van der Waals surface area contributed by atoms with Gasteiger partial charge in [-0.15, -0.1) is 0 Å². The molecule has 10 nitrogen and oxygen atoms in total. The first-order chi connectivity index (χ1) is 16.7. The molecule has 0 aromatic heterocycles. The molecule has 36 heavy (non-hydrogen) atoms. The number of primary amides is 1. The summed E-state index contributed by atoms with van der Waals surface area (Å²) in [5, 5.41) is 19.1. The smallest absolute Gasteiger partial charge is 0.246 e. The Morgan fingerprint density at radius 2 is 1.56 bits per heavy atom. The van der Waals surface area contributed by atoms with Crippen molar-refractivity contribution >= 4 is 17.7 Å². The van der Waals surface area contributed by atoms with E-state index in [2.05, 4.69) is 29.1 Å². The summed E-state index contributed by atoms with van der Waals surface area (Å²) in [5.74, 6) is -1.14. The molecular formula is C26H48N6O4. The van der Waals surface area contributed by atoms with Gasteiger partial charge in [-0.1, -0.05) is 54.2 Å². The molecule has 0 saturated carbocycles. The molecule has 1 saturated heterocycles. The van der Waals surface area contributed by atoms with Crippen molar-refractivity contribution in [3.8, 4) is 0 Å². The third-order valence-corrected chi connectivity index (χ3v) is 6.65. The van der Waals surface area contributed by atoms with E-state index in [1.54, 1.807) is 11.8 Å². The van der Waals surface area contributed by atoms with Crippen LogP contribution in [-0.4, -0.2) is 70.6 Å². The van der Waals surface area contributed by atoms with Crippen molar-refractivity contribution in [2.45, 2.75) is 104 Å². The second-order valence-electron chi connectivity index (χ2n) is 10.5. The van der Waals surface area contributed by atoms with Gasteiger partial charge in [0.15, 0.2) is 0 Å². The van der Waals surface area contributed by atoms with E-state index >= 15 is 0 Å². The molecule has 0 radical (unpaired) electrons. The summed E-state index contributed by atoms with van der Waals surface area (Å²) in [5.41, 5.74) is 12.5. The zero-order chi connectivity index (χ0) is 27.7. The van der Waals surface area contributed by atoms with Crippen LogP contribution in [0, 0.1) is 11.8 Å². The topological polar surface area (TPSA) is 163 Å². The van der Waals surface area contributed by atoms with Crippen molar-refractivity contribution in [1.29, 1.82) is 0 Å². The van der Waals surface area contributed by atoms with Crippen LogP contribution in [0.4, 0.5) is 0 Å². The maximum absolute atomic E-state index is 13.7. The van der Waals surface area contributed by atoms with Crippen LogP contribution in [0.15, 0.2) is 24.6 Å². The summed E-state index contributed by atoms with van der Waals surface area (Å²) in [7, 11) is 0. The van der Waals surface area contributed by atoms with Crippen molar-refractivity contribution in [2.24, 2.45) is 23.3 Å². The average molecular weight is 509 g/mol. The highest BCUT2D eigenvalue weighted by Gasteiger charge is 2.39. The summed E-state index contributed by atoms with van der Waals surface area (Å²) in [4.78, 5) is 40.0. The minimum absolute atomic E-state index is 0.0838. The summed E-state index contributed by atoms with van der Waals surface area (Å²) < 4.78 is 0. The molecule has 0 bridgehead atoms. The quantitative estimate of drug-likeness (QED) is 0.190. The SMILES string of the molecule is C=C(NC(C(=O)N1CCC[C@@H]1C(=O)NC(CCC)C(N)=O)C(C)C)C(NC(=C)[C@H](N)C(C)O)C(C)C. The van der Waals surface area contributed by atoms with Crippen LogP contribution >= 0.6 is 0 Å². The predicted octanol–water partition coefficient (Wildman–Crippen LogP) is 0.712. The third kappa shape index (κ3) is 8.51. The number of nitrogens with two attached hydrogens (primary N) is 2. The fourth-order valence-corrected chi connectivity index (χ4v) is 4.37. The number of aliphatic hydroxyl groups excluding tert-OH is 1. The fraction of sp³-hybridized carbons (Fsp3) is 0.731. The number of carbonyl (C=O) groups excluding carboxylic acids is 3. The third-order valence-electron chi connectivity index (χ3n) is 6.65. The van der Waals surface area contributed by atoms with E-state index in [0.717, 1.165) is 0 Å². The van der Waals surface area contributed by atoms with Crippen LogP contribution in [0.2, 0.25) is 0 Å². The number of nitrogens with one attached hydrogen (secondary N) is 3. The lowest BCUT2D eigenvalue weighted by Gasteiger charge is -2.35. The molecule has 10 heteroatoms. The van der Waals surface area contributed by atoms with E-state index in [1.807, 2.05) is 34.6 Å². The standard InChI is InChI=1S/C26H48N6O4/c1-9-11-19(24(28)34)31-25(35)20-12-10-13-32(20)26(36)23(15(4)5)30-17(7)22(14(2)3)29-16(6)21(27)18(8)33/h14-15,18-23,29-30,33H,6-7,9-13,27H2,1-5,8H3,(H2,28,34)(H,31,35)/t18?,19?,20-,21+,22?,23?/m1/s1. The molecule has 1 rings (SSSR count). The zero-order valence-electron chi connectivity index (χ0n) is 22.8. The van der Waals surface area contributed by atoms with Crippen LogP contribution < -0.4 is 27.4 Å². The van der Waals surface area contributed by atoms with Gasteiger partial charge in [0.25, 0.3) is 0 Å². The largest absolute Gasteiger partial charge is 0.391 e. The number of carbonyl (C=O) groups is 3. The van der Waals surface area contributed by atoms with E-state index < -0.39 is 36.2 Å². The van der Waals surface area contributed by atoms with Gasteiger partial charge in [-0.25, -0.2) is 0 Å². The Morgan fingerprint density at radius 3 is 2.03 bits per heavy atom. The molecule has 4 unspecified atom stereocenters. The van der Waals surface area contributed by atoms with Crippen molar-refractivity contribution in [3.63, 3.8) is 0 Å². The van der Waals surface area contributed by atoms with E-state index in [0.29, 0.717) is 43.6 Å². The van der Waals surface area contributed by atoms with Gasteiger partial charge >= 0.3 is 0 Å². The highest BCUT2D eigenvalue weighted by atomic mass is 16.3. The Bertz CT molecular complexity index is 797. The molecular weight excluding hydrogens is 460 g/mol. The maximum Gasteiger partial charge on any atom is 0.246 e. The second-order valence-corrected chi connectivity index (χ2v) is 10.5. The highest BCUT2D eigenvalue weighted by molar-refractivity contribution is 5.93. The number of hydrogen-bond donors (Lipinski definition) is 6. The Labute approximate surface area is 216 Å². The predicted molar refractivity (Wildman–Crippen MR) is 142 cm³/mol. The molecule has 1 fully saturated rings. The first kappa shape index (κ1) is 31.4. The number of rotatable bonds is 15. The normalized spacial score (nSPS) is 19.8. The molecule has 3 amide bonds. The van der Waals surface area contributed by atoms with E-state index in [4.69, 9.17) is 11.5 Å². The molecule has 0 aliphatic carbocycles. The first-order valence-electron chi connectivity index (χ1n) is 13.0. The van der Waals surface area contributed by atoms with Crippen molar-refractivity contribution in [2.75, 3.05) is 6.54 Å². The number of hydrogen-bond acceptors (Lipinski definition) is 7. The van der Waals surface area contributed by atoms with Crippen LogP contribution in [0.5, 0.6) is 0 Å². The van der Waals surface area contributed by atoms with Crippen LogP contribution in [-0.2, 0) is 14.4 Å². The van der Waals surface area contributed by atoms with Gasteiger partial charge < -0.3 is 37.4 Å². The monoisotopic (exact) mass is 508 g/mol. The van der Waals surface area contributed by atoms with Gasteiger partial charge in [-0.05, 0) is 38.0 Å². The second kappa shape index (κ2) is 14.2. The van der Waals surface area contributed by atoms with Gasteiger partial charge in [0.2, 0.25) is 17.7 Å². The van der Waals surface area contributed by atoms with Gasteiger partial charge in [-0.3, -0.25) is 14.4 Å². The molecule has 0 aromatic carbocycles. The molecule has 1 heterocycles. The summed E-state index contributed by atoms with van der Waals surface area (Å²) in [6.45, 7) is 20.0. The Balaban J connectivity index is 3.02. The summed E-state index contributed by atoms with van der Waals surface area (Å²) in [6.07, 6.45) is 1.59. The Kier molecular flexibility index (Phi) is 12.4. The fourth-order valence-electron chi connectivity index (χ4n) is 4.37. The molecule has 6 atom stereocenters. The molecule has 0 aromatic rings. The minimum Gasteiger partial charge on any atom is -0.391 e. The van der Waals surface area contributed by atoms with E-state index in [9.17, 15) is 19.5 Å². The van der Waals surface area contributed by atoms with Crippen LogP contribution in [0.25, 0.3) is 0 Å². The lowest BCUT2D eigenvalue weighted by atomic mass is 9.96. The number of aliphatic hydroxyl groups is 1. The van der Waals surface area contributed by atoms with Crippen LogP contribution in [0.1, 0.15) is 67.2 Å². The van der Waals surface area contributed by atoms with Gasteiger partial charge in [-0.2, -0.15) is 0 Å². The highest BCUT2D eigenvalue weighted by Crippen LogP contribution is 2.22. The lowest BCUT2D eigenvalue weighted by molar-refractivity contribution is -0.141. The van der Waals surface area contributed by atoms with Crippen molar-refractivity contribution in [1.82, 2.24) is 20.9 Å². The molecule has 8 N–H and O–H groups in total. The average Bonchev–Trinajstić information content (AvgIpc) is 3.28. The number of likely N-dealkylation sites (tertiary alicyclic amines) is 1. The number of nitrogens with zero attached hydrogens (tertiary/aromatic N) is 1. The minimum atomic E-state index is -0.770. The van der Waals surface area contributed by atoms with Gasteiger partial charge in [0, 0.05) is 17.9 Å². The maximum atomic E-state index is 13.7. The van der Waals surface area contributed by atoms with Crippen LogP contribution in [0.3, 0.4) is 0 Å². The molecule has 1 aliphatic heterocycles. The molecule has 0 spiro atoms. The van der Waals surface area contributed by atoms with Gasteiger partial charge in [0.05, 0.1) is 18.2 Å². The molecule has 1 aliphatic rings. The Morgan fingerprint density at radius 1 is 1.00 bits per heavy atom. The lowest BCUT2D eigenvalue weighted by Crippen LogP contribution is -2.57. The summed E-state index contributed by atoms with van der Waals surface area (Å²) >= 11 is 0. The molecule has 206 valence electrons. The van der Waals surface area contributed by atoms with Crippen molar-refractivity contribution < 1.29 is 19.5 Å². The first-order valence-corrected chi connectivity index (χ1v) is 13.0. The van der Waals surface area contributed by atoms with E-state index in [1.165, 1.54) is 0 Å². The van der Waals surface area contributed by atoms with E-state index in [-0.39, 0.29) is 29.7 Å². The number of amides is 3. The Hall–Kier alpha value is -2.59.